The highest BCUT2D eigenvalue weighted by molar-refractivity contribution is 7.15. The van der Waals surface area contributed by atoms with Crippen LogP contribution >= 0.6 is 11.3 Å². The predicted molar refractivity (Wildman–Crippen MR) is 121 cm³/mol. The number of carbonyl (C=O) groups is 3. The molecule has 2 N–H and O–H groups in total. The average molecular weight is 486 g/mol. The number of hydrogen-bond donors (Lipinski definition) is 2. The van der Waals surface area contributed by atoms with Gasteiger partial charge in [-0.05, 0) is 54.8 Å². The first-order valence-electron chi connectivity index (χ1n) is 10.6. The Balaban J connectivity index is 1.33. The second-order valence-corrected chi connectivity index (χ2v) is 8.79. The monoisotopic (exact) mass is 485 g/mol. The van der Waals surface area contributed by atoms with Crippen molar-refractivity contribution in [1.29, 1.82) is 0 Å². The van der Waals surface area contributed by atoms with E-state index in [-0.39, 0.29) is 40.7 Å². The SMILES string of the molecule is O=C(Nc1ccc(F)cc1)c1nnc(C(=O)N2CCC[C@@H](C(=O)NCc3ccc(F)cc3)C2)s1. The van der Waals surface area contributed by atoms with E-state index in [4.69, 9.17) is 0 Å². The van der Waals surface area contributed by atoms with E-state index in [2.05, 4.69) is 20.8 Å². The molecule has 1 fully saturated rings. The smallest absolute Gasteiger partial charge is 0.286 e. The van der Waals surface area contributed by atoms with Crippen LogP contribution in [0.5, 0.6) is 0 Å². The number of halogens is 2. The third kappa shape index (κ3) is 5.79. The summed E-state index contributed by atoms with van der Waals surface area (Å²) in [6.45, 7) is 0.967. The highest BCUT2D eigenvalue weighted by atomic mass is 32.1. The molecule has 11 heteroatoms. The summed E-state index contributed by atoms with van der Waals surface area (Å²) in [6, 6.07) is 11.1. The molecule has 1 aromatic heterocycles. The van der Waals surface area contributed by atoms with E-state index in [9.17, 15) is 23.2 Å². The zero-order valence-corrected chi connectivity index (χ0v) is 18.8. The normalized spacial score (nSPS) is 15.6. The van der Waals surface area contributed by atoms with Crippen LogP contribution in [0.3, 0.4) is 0 Å². The minimum absolute atomic E-state index is 0.00160. The zero-order valence-electron chi connectivity index (χ0n) is 18.0. The average Bonchev–Trinajstić information content (AvgIpc) is 3.35. The molecule has 3 aromatic rings. The van der Waals surface area contributed by atoms with E-state index < -0.39 is 17.6 Å². The van der Waals surface area contributed by atoms with E-state index in [0.29, 0.717) is 25.1 Å². The van der Waals surface area contributed by atoms with Gasteiger partial charge in [0.2, 0.25) is 15.9 Å². The fourth-order valence-electron chi connectivity index (χ4n) is 3.57. The molecule has 1 aliphatic rings. The van der Waals surface area contributed by atoms with Crippen LogP contribution in [0.2, 0.25) is 0 Å². The maximum atomic E-state index is 13.0. The van der Waals surface area contributed by atoms with Crippen molar-refractivity contribution in [2.75, 3.05) is 18.4 Å². The second-order valence-electron chi connectivity index (χ2n) is 7.81. The quantitative estimate of drug-likeness (QED) is 0.558. The molecule has 0 spiro atoms. The van der Waals surface area contributed by atoms with Crippen LogP contribution in [-0.4, -0.2) is 45.9 Å². The van der Waals surface area contributed by atoms with Crippen molar-refractivity contribution in [3.05, 3.63) is 75.7 Å². The number of hydrogen-bond acceptors (Lipinski definition) is 6. The summed E-state index contributed by atoms with van der Waals surface area (Å²) in [5, 5.41) is 13.1. The summed E-state index contributed by atoms with van der Waals surface area (Å²) in [7, 11) is 0. The lowest BCUT2D eigenvalue weighted by Crippen LogP contribution is -2.45. The summed E-state index contributed by atoms with van der Waals surface area (Å²) < 4.78 is 26.0. The van der Waals surface area contributed by atoms with Gasteiger partial charge in [-0.25, -0.2) is 8.78 Å². The molecule has 0 aliphatic carbocycles. The van der Waals surface area contributed by atoms with Crippen molar-refractivity contribution in [3.63, 3.8) is 0 Å². The van der Waals surface area contributed by atoms with E-state index >= 15 is 0 Å². The Bertz CT molecular complexity index is 1180. The van der Waals surface area contributed by atoms with Gasteiger partial charge in [-0.2, -0.15) is 0 Å². The molecule has 8 nitrogen and oxygen atoms in total. The van der Waals surface area contributed by atoms with Crippen molar-refractivity contribution in [2.24, 2.45) is 5.92 Å². The van der Waals surface area contributed by atoms with Crippen LogP contribution in [-0.2, 0) is 11.3 Å². The number of anilines is 1. The summed E-state index contributed by atoms with van der Waals surface area (Å²) >= 11 is 0.853. The van der Waals surface area contributed by atoms with E-state index in [0.717, 1.165) is 16.9 Å². The first-order valence-corrected chi connectivity index (χ1v) is 11.4. The molecular weight excluding hydrogens is 464 g/mol. The van der Waals surface area contributed by atoms with Crippen LogP contribution in [0.4, 0.5) is 14.5 Å². The van der Waals surface area contributed by atoms with Crippen LogP contribution in [0.1, 0.15) is 38.0 Å². The maximum Gasteiger partial charge on any atom is 0.286 e. The van der Waals surface area contributed by atoms with Crippen LogP contribution in [0, 0.1) is 17.6 Å². The van der Waals surface area contributed by atoms with Crippen LogP contribution in [0.15, 0.2) is 48.5 Å². The fraction of sp³-hybridized carbons (Fsp3) is 0.261. The zero-order chi connectivity index (χ0) is 24.1. The van der Waals surface area contributed by atoms with Crippen molar-refractivity contribution in [3.8, 4) is 0 Å². The van der Waals surface area contributed by atoms with Gasteiger partial charge in [0.15, 0.2) is 0 Å². The first kappa shape index (κ1) is 23.4. The lowest BCUT2D eigenvalue weighted by atomic mass is 9.97. The number of nitrogens with zero attached hydrogens (tertiary/aromatic N) is 3. The molecule has 0 saturated carbocycles. The molecule has 4 rings (SSSR count). The standard InChI is InChI=1S/C23H21F2N5O3S/c24-16-5-3-14(4-6-16)12-26-19(31)15-2-1-11-30(13-15)23(33)22-29-28-21(34-22)20(32)27-18-9-7-17(25)8-10-18/h3-10,15H,1-2,11-13H2,(H,26,31)(H,27,32)/t15-/m1/s1. The van der Waals surface area contributed by atoms with Gasteiger partial charge in [-0.1, -0.05) is 23.5 Å². The Kier molecular flexibility index (Phi) is 7.21. The largest absolute Gasteiger partial charge is 0.352 e. The molecule has 2 heterocycles. The predicted octanol–water partition coefficient (Wildman–Crippen LogP) is 3.24. The number of rotatable bonds is 6. The highest BCUT2D eigenvalue weighted by Gasteiger charge is 2.30. The highest BCUT2D eigenvalue weighted by Crippen LogP contribution is 2.21. The summed E-state index contributed by atoms with van der Waals surface area (Å²) in [6.07, 6.45) is 1.29. The minimum atomic E-state index is -0.556. The Labute approximate surface area is 198 Å². The lowest BCUT2D eigenvalue weighted by molar-refractivity contribution is -0.126. The molecule has 1 aliphatic heterocycles. The topological polar surface area (TPSA) is 104 Å². The second kappa shape index (κ2) is 10.5. The number of aromatic nitrogens is 2. The van der Waals surface area contributed by atoms with Crippen molar-refractivity contribution >= 4 is 34.7 Å². The third-order valence-corrected chi connectivity index (χ3v) is 6.27. The Hall–Kier alpha value is -3.73. The molecule has 34 heavy (non-hydrogen) atoms. The van der Waals surface area contributed by atoms with E-state index in [1.807, 2.05) is 0 Å². The van der Waals surface area contributed by atoms with Gasteiger partial charge in [-0.3, -0.25) is 14.4 Å². The molecule has 0 unspecified atom stereocenters. The minimum Gasteiger partial charge on any atom is -0.352 e. The number of amides is 3. The van der Waals surface area contributed by atoms with Crippen molar-refractivity contribution in [2.45, 2.75) is 19.4 Å². The first-order chi connectivity index (χ1) is 16.4. The van der Waals surface area contributed by atoms with Crippen molar-refractivity contribution < 1.29 is 23.2 Å². The van der Waals surface area contributed by atoms with Gasteiger partial charge in [0.25, 0.3) is 11.8 Å². The van der Waals surface area contributed by atoms with Gasteiger partial charge >= 0.3 is 0 Å². The molecule has 2 aromatic carbocycles. The summed E-state index contributed by atoms with van der Waals surface area (Å²) in [4.78, 5) is 39.4. The van der Waals surface area contributed by atoms with Crippen LogP contribution in [0.25, 0.3) is 0 Å². The van der Waals surface area contributed by atoms with Gasteiger partial charge < -0.3 is 15.5 Å². The Morgan fingerprint density at radius 3 is 2.32 bits per heavy atom. The molecule has 3 amide bonds. The molecule has 0 bridgehead atoms. The fourth-order valence-corrected chi connectivity index (χ4v) is 4.27. The molecule has 1 saturated heterocycles. The van der Waals surface area contributed by atoms with Gasteiger partial charge in [-0.15, -0.1) is 10.2 Å². The van der Waals surface area contributed by atoms with Crippen LogP contribution < -0.4 is 10.6 Å². The van der Waals surface area contributed by atoms with Crippen molar-refractivity contribution in [1.82, 2.24) is 20.4 Å². The molecular formula is C23H21F2N5O3S. The van der Waals surface area contributed by atoms with E-state index in [1.165, 1.54) is 41.3 Å². The number of likely N-dealkylation sites (tertiary alicyclic amines) is 1. The molecule has 0 radical (unpaired) electrons. The third-order valence-electron chi connectivity index (χ3n) is 5.36. The lowest BCUT2D eigenvalue weighted by Gasteiger charge is -2.31. The van der Waals surface area contributed by atoms with Gasteiger partial charge in [0.05, 0.1) is 5.92 Å². The summed E-state index contributed by atoms with van der Waals surface area (Å²) in [5.41, 5.74) is 1.17. The Morgan fingerprint density at radius 1 is 0.971 bits per heavy atom. The van der Waals surface area contributed by atoms with Gasteiger partial charge in [0.1, 0.15) is 11.6 Å². The molecule has 1 atom stereocenters. The number of nitrogens with one attached hydrogen (secondary N) is 2. The maximum absolute atomic E-state index is 13.0. The summed E-state index contributed by atoms with van der Waals surface area (Å²) in [5.74, 6) is -2.28. The van der Waals surface area contributed by atoms with E-state index in [1.54, 1.807) is 12.1 Å². The van der Waals surface area contributed by atoms with Gasteiger partial charge in [0, 0.05) is 25.3 Å². The number of piperidine rings is 1. The number of carbonyl (C=O) groups excluding carboxylic acids is 3. The molecule has 176 valence electrons. The number of benzene rings is 2. The Morgan fingerprint density at radius 2 is 1.62 bits per heavy atom.